The van der Waals surface area contributed by atoms with E-state index in [0.29, 0.717) is 17.9 Å². The first-order valence-corrected chi connectivity index (χ1v) is 5.76. The normalized spacial score (nSPS) is 16.5. The summed E-state index contributed by atoms with van der Waals surface area (Å²) in [4.78, 5) is 10.8. The number of hydrogen-bond donors (Lipinski definition) is 2. The van der Waals surface area contributed by atoms with Crippen LogP contribution in [-0.4, -0.2) is 22.8 Å². The summed E-state index contributed by atoms with van der Waals surface area (Å²) >= 11 is 0. The standard InChI is InChI=1S/C13H16O4/c1-2-17-10-5-3-4-9(12(10)16)13(6-7-13)8-11(14)15/h3-5,16H,2,6-8H2,1H3,(H,14,15). The zero-order valence-corrected chi connectivity index (χ0v) is 9.77. The van der Waals surface area contributed by atoms with Gasteiger partial charge in [0.25, 0.3) is 0 Å². The summed E-state index contributed by atoms with van der Waals surface area (Å²) < 4.78 is 5.31. The van der Waals surface area contributed by atoms with Crippen LogP contribution in [0.15, 0.2) is 18.2 Å². The second-order valence-electron chi connectivity index (χ2n) is 4.44. The minimum Gasteiger partial charge on any atom is -0.504 e. The smallest absolute Gasteiger partial charge is 0.304 e. The van der Waals surface area contributed by atoms with E-state index in [4.69, 9.17) is 9.84 Å². The Morgan fingerprint density at radius 1 is 1.47 bits per heavy atom. The number of hydrogen-bond acceptors (Lipinski definition) is 3. The topological polar surface area (TPSA) is 66.8 Å². The first kappa shape index (κ1) is 11.8. The molecule has 1 aliphatic rings. The van der Waals surface area contributed by atoms with Crippen LogP contribution in [0.1, 0.15) is 31.7 Å². The number of phenolic OH excluding ortho intramolecular Hbond substituents is 1. The molecule has 4 heteroatoms. The summed E-state index contributed by atoms with van der Waals surface area (Å²) in [5, 5.41) is 19.0. The van der Waals surface area contributed by atoms with Crippen LogP contribution in [0.2, 0.25) is 0 Å². The molecule has 0 atom stereocenters. The zero-order valence-electron chi connectivity index (χ0n) is 9.77. The van der Waals surface area contributed by atoms with Gasteiger partial charge in [0.2, 0.25) is 0 Å². The molecule has 0 aliphatic heterocycles. The lowest BCUT2D eigenvalue weighted by Crippen LogP contribution is -2.13. The molecule has 0 heterocycles. The first-order chi connectivity index (χ1) is 8.09. The molecule has 2 rings (SSSR count). The third-order valence-electron chi connectivity index (χ3n) is 3.21. The molecule has 0 saturated heterocycles. The van der Waals surface area contributed by atoms with E-state index in [-0.39, 0.29) is 17.6 Å². The van der Waals surface area contributed by atoms with Crippen LogP contribution in [-0.2, 0) is 10.2 Å². The van der Waals surface area contributed by atoms with Crippen molar-refractivity contribution in [1.82, 2.24) is 0 Å². The van der Waals surface area contributed by atoms with Gasteiger partial charge in [0, 0.05) is 11.0 Å². The molecule has 0 amide bonds. The second kappa shape index (κ2) is 4.28. The van der Waals surface area contributed by atoms with E-state index in [9.17, 15) is 9.90 Å². The highest BCUT2D eigenvalue weighted by Crippen LogP contribution is 2.55. The first-order valence-electron chi connectivity index (χ1n) is 5.76. The molecule has 92 valence electrons. The summed E-state index contributed by atoms with van der Waals surface area (Å²) in [5.41, 5.74) is 0.314. The summed E-state index contributed by atoms with van der Waals surface area (Å²) in [6, 6.07) is 5.27. The van der Waals surface area contributed by atoms with Crippen LogP contribution in [0.25, 0.3) is 0 Å². The number of benzene rings is 1. The molecular formula is C13H16O4. The molecule has 2 N–H and O–H groups in total. The third kappa shape index (κ3) is 2.20. The lowest BCUT2D eigenvalue weighted by atomic mass is 9.91. The third-order valence-corrected chi connectivity index (χ3v) is 3.21. The molecule has 1 fully saturated rings. The van der Waals surface area contributed by atoms with Crippen molar-refractivity contribution in [3.05, 3.63) is 23.8 Å². The lowest BCUT2D eigenvalue weighted by Gasteiger charge is -2.17. The number of rotatable bonds is 5. The van der Waals surface area contributed by atoms with Gasteiger partial charge in [-0.3, -0.25) is 4.79 Å². The maximum absolute atomic E-state index is 10.8. The minimum atomic E-state index is -0.830. The van der Waals surface area contributed by atoms with Crippen molar-refractivity contribution in [2.24, 2.45) is 0 Å². The van der Waals surface area contributed by atoms with Crippen molar-refractivity contribution in [2.45, 2.75) is 31.6 Å². The summed E-state index contributed by atoms with van der Waals surface area (Å²) in [5.74, 6) is -0.307. The van der Waals surface area contributed by atoms with Gasteiger partial charge in [0.1, 0.15) is 0 Å². The fourth-order valence-corrected chi connectivity index (χ4v) is 2.20. The van der Waals surface area contributed by atoms with E-state index < -0.39 is 5.97 Å². The molecule has 0 spiro atoms. The van der Waals surface area contributed by atoms with Gasteiger partial charge in [-0.1, -0.05) is 12.1 Å². The van der Waals surface area contributed by atoms with Gasteiger partial charge in [0.15, 0.2) is 11.5 Å². The summed E-state index contributed by atoms with van der Waals surface area (Å²) in [6.07, 6.45) is 1.68. The Bertz CT molecular complexity index is 435. The van der Waals surface area contributed by atoms with Crippen molar-refractivity contribution < 1.29 is 19.7 Å². The Labute approximate surface area is 99.8 Å². The maximum Gasteiger partial charge on any atom is 0.304 e. The van der Waals surface area contributed by atoms with Crippen LogP contribution >= 0.6 is 0 Å². The highest BCUT2D eigenvalue weighted by Gasteiger charge is 2.48. The number of carboxylic acids is 1. The number of ether oxygens (including phenoxy) is 1. The fraction of sp³-hybridized carbons (Fsp3) is 0.462. The van der Waals surface area contributed by atoms with Crippen molar-refractivity contribution in [1.29, 1.82) is 0 Å². The number of carbonyl (C=O) groups is 1. The second-order valence-corrected chi connectivity index (χ2v) is 4.44. The molecule has 0 bridgehead atoms. The van der Waals surface area contributed by atoms with Crippen LogP contribution in [0, 0.1) is 0 Å². The largest absolute Gasteiger partial charge is 0.504 e. The van der Waals surface area contributed by atoms with Gasteiger partial charge < -0.3 is 14.9 Å². The lowest BCUT2D eigenvalue weighted by molar-refractivity contribution is -0.137. The zero-order chi connectivity index (χ0) is 12.5. The molecule has 0 aromatic heterocycles. The van der Waals surface area contributed by atoms with Gasteiger partial charge in [-0.2, -0.15) is 0 Å². The molecule has 1 aromatic rings. The Kier molecular flexibility index (Phi) is 2.96. The highest BCUT2D eigenvalue weighted by molar-refractivity contribution is 5.71. The van der Waals surface area contributed by atoms with Crippen LogP contribution < -0.4 is 4.74 Å². The monoisotopic (exact) mass is 236 g/mol. The van der Waals surface area contributed by atoms with Crippen LogP contribution in [0.3, 0.4) is 0 Å². The number of aliphatic carboxylic acids is 1. The SMILES string of the molecule is CCOc1cccc(C2(CC(=O)O)CC2)c1O. The highest BCUT2D eigenvalue weighted by atomic mass is 16.5. The fourth-order valence-electron chi connectivity index (χ4n) is 2.20. The van der Waals surface area contributed by atoms with Gasteiger partial charge >= 0.3 is 5.97 Å². The van der Waals surface area contributed by atoms with E-state index in [1.54, 1.807) is 18.2 Å². The van der Waals surface area contributed by atoms with E-state index in [2.05, 4.69) is 0 Å². The molecule has 1 aromatic carbocycles. The number of phenols is 1. The van der Waals surface area contributed by atoms with Gasteiger partial charge in [-0.25, -0.2) is 0 Å². The number of para-hydroxylation sites is 1. The van der Waals surface area contributed by atoms with E-state index in [1.807, 2.05) is 6.92 Å². The van der Waals surface area contributed by atoms with Crippen LogP contribution in [0.5, 0.6) is 11.5 Å². The molecule has 1 aliphatic carbocycles. The van der Waals surface area contributed by atoms with Crippen LogP contribution in [0.4, 0.5) is 0 Å². The summed E-state index contributed by atoms with van der Waals surface area (Å²) in [6.45, 7) is 2.32. The predicted molar refractivity (Wildman–Crippen MR) is 62.4 cm³/mol. The minimum absolute atomic E-state index is 0.0656. The Morgan fingerprint density at radius 3 is 2.71 bits per heavy atom. The molecule has 0 radical (unpaired) electrons. The Morgan fingerprint density at radius 2 is 2.18 bits per heavy atom. The quantitative estimate of drug-likeness (QED) is 0.823. The van der Waals surface area contributed by atoms with Gasteiger partial charge in [-0.05, 0) is 25.8 Å². The van der Waals surface area contributed by atoms with E-state index in [0.717, 1.165) is 12.8 Å². The van der Waals surface area contributed by atoms with Gasteiger partial charge in [0.05, 0.1) is 13.0 Å². The maximum atomic E-state index is 10.8. The summed E-state index contributed by atoms with van der Waals surface area (Å²) in [7, 11) is 0. The van der Waals surface area contributed by atoms with E-state index >= 15 is 0 Å². The van der Waals surface area contributed by atoms with Crippen molar-refractivity contribution in [2.75, 3.05) is 6.61 Å². The van der Waals surface area contributed by atoms with E-state index in [1.165, 1.54) is 0 Å². The number of carboxylic acid groups (broad SMARTS) is 1. The molecular weight excluding hydrogens is 220 g/mol. The molecule has 1 saturated carbocycles. The molecule has 4 nitrogen and oxygen atoms in total. The molecule has 0 unspecified atom stereocenters. The predicted octanol–water partition coefficient (Wildman–Crippen LogP) is 2.30. The van der Waals surface area contributed by atoms with Gasteiger partial charge in [-0.15, -0.1) is 0 Å². The average molecular weight is 236 g/mol. The molecule has 17 heavy (non-hydrogen) atoms. The van der Waals surface area contributed by atoms with Crippen molar-refractivity contribution in [3.8, 4) is 11.5 Å². The number of aromatic hydroxyl groups is 1. The van der Waals surface area contributed by atoms with Crippen molar-refractivity contribution in [3.63, 3.8) is 0 Å². The average Bonchev–Trinajstić information content (AvgIpc) is 3.01. The Hall–Kier alpha value is -1.71. The van der Waals surface area contributed by atoms with Crippen molar-refractivity contribution >= 4 is 5.97 Å². The Balaban J connectivity index is 2.32.